The van der Waals surface area contributed by atoms with Crippen molar-refractivity contribution >= 4 is 17.5 Å². The number of nitriles is 1. The summed E-state index contributed by atoms with van der Waals surface area (Å²) in [7, 11) is 0. The number of nitrogens with zero attached hydrogens (tertiary/aromatic N) is 3. The van der Waals surface area contributed by atoms with Gasteiger partial charge in [0.2, 0.25) is 11.9 Å². The van der Waals surface area contributed by atoms with E-state index in [0.29, 0.717) is 31.3 Å². The molecule has 7 nitrogen and oxygen atoms in total. The fraction of sp³-hybridized carbons (Fsp3) is 0.400. The number of aryl methyl sites for hydroxylation is 1. The molecule has 0 radical (unpaired) electrons. The number of rotatable bonds is 6. The van der Waals surface area contributed by atoms with Gasteiger partial charge in [-0.2, -0.15) is 5.26 Å². The first kappa shape index (κ1) is 17.4. The number of amides is 1. The second kappa shape index (κ2) is 7.33. The number of carbonyl (C=O) groups is 1. The standard InChI is InChI=1S/C20H21N5O2/c1-2-27-9-8-22-20-24-15-5-3-4-13(15)18(25-20)17-14-10-12(11-21)6-7-16(14)23-19(17)26/h6-7,10,17H,2-5,8-9H2,1H3,(H,23,26)(H,22,24,25). The normalized spacial score (nSPS) is 17.2. The number of fused-ring (bicyclic) bond motifs is 2. The van der Waals surface area contributed by atoms with Crippen LogP contribution in [0.2, 0.25) is 0 Å². The smallest absolute Gasteiger partial charge is 0.238 e. The first-order valence-electron chi connectivity index (χ1n) is 9.27. The molecule has 1 atom stereocenters. The van der Waals surface area contributed by atoms with E-state index < -0.39 is 5.92 Å². The maximum atomic E-state index is 12.7. The maximum Gasteiger partial charge on any atom is 0.238 e. The van der Waals surface area contributed by atoms with Crippen LogP contribution < -0.4 is 10.6 Å². The number of ether oxygens (including phenoxy) is 1. The van der Waals surface area contributed by atoms with Gasteiger partial charge in [0.25, 0.3) is 0 Å². The quantitative estimate of drug-likeness (QED) is 0.764. The highest BCUT2D eigenvalue weighted by atomic mass is 16.5. The van der Waals surface area contributed by atoms with Crippen LogP contribution in [0.15, 0.2) is 18.2 Å². The van der Waals surface area contributed by atoms with Crippen molar-refractivity contribution in [2.75, 3.05) is 30.4 Å². The lowest BCUT2D eigenvalue weighted by Crippen LogP contribution is -2.19. The van der Waals surface area contributed by atoms with E-state index in [9.17, 15) is 10.1 Å². The summed E-state index contributed by atoms with van der Waals surface area (Å²) in [5.41, 5.74) is 4.93. The van der Waals surface area contributed by atoms with Crippen molar-refractivity contribution in [3.63, 3.8) is 0 Å². The van der Waals surface area contributed by atoms with Crippen LogP contribution >= 0.6 is 0 Å². The van der Waals surface area contributed by atoms with Gasteiger partial charge in [0.15, 0.2) is 0 Å². The highest BCUT2D eigenvalue weighted by Crippen LogP contribution is 2.40. The Morgan fingerprint density at radius 2 is 2.26 bits per heavy atom. The van der Waals surface area contributed by atoms with E-state index >= 15 is 0 Å². The van der Waals surface area contributed by atoms with Crippen molar-refractivity contribution in [3.8, 4) is 6.07 Å². The van der Waals surface area contributed by atoms with Crippen LogP contribution in [-0.2, 0) is 22.4 Å². The van der Waals surface area contributed by atoms with E-state index in [1.165, 1.54) is 0 Å². The molecule has 0 spiro atoms. The van der Waals surface area contributed by atoms with Crippen LogP contribution in [-0.4, -0.2) is 35.6 Å². The summed E-state index contributed by atoms with van der Waals surface area (Å²) < 4.78 is 5.35. The zero-order chi connectivity index (χ0) is 18.8. The fourth-order valence-electron chi connectivity index (χ4n) is 3.76. The van der Waals surface area contributed by atoms with Gasteiger partial charge < -0.3 is 15.4 Å². The first-order chi connectivity index (χ1) is 13.2. The topological polar surface area (TPSA) is 99.9 Å². The Labute approximate surface area is 157 Å². The van der Waals surface area contributed by atoms with Gasteiger partial charge in [-0.25, -0.2) is 9.97 Å². The van der Waals surface area contributed by atoms with Crippen molar-refractivity contribution in [2.24, 2.45) is 0 Å². The summed E-state index contributed by atoms with van der Waals surface area (Å²) in [6, 6.07) is 7.43. The molecular formula is C20H21N5O2. The Kier molecular flexibility index (Phi) is 4.73. The molecule has 1 amide bonds. The van der Waals surface area contributed by atoms with Crippen LogP contribution in [0.3, 0.4) is 0 Å². The monoisotopic (exact) mass is 363 g/mol. The van der Waals surface area contributed by atoms with E-state index in [1.54, 1.807) is 18.2 Å². The van der Waals surface area contributed by atoms with Gasteiger partial charge in [0, 0.05) is 24.5 Å². The van der Waals surface area contributed by atoms with E-state index in [1.807, 2.05) is 6.92 Å². The Hall–Kier alpha value is -2.98. The molecule has 1 aliphatic heterocycles. The average molecular weight is 363 g/mol. The van der Waals surface area contributed by atoms with Crippen molar-refractivity contribution in [2.45, 2.75) is 32.1 Å². The molecule has 0 fully saturated rings. The van der Waals surface area contributed by atoms with Crippen molar-refractivity contribution in [1.82, 2.24) is 9.97 Å². The molecule has 2 heterocycles. The molecule has 0 saturated carbocycles. The van der Waals surface area contributed by atoms with Gasteiger partial charge in [-0.05, 0) is 55.5 Å². The highest BCUT2D eigenvalue weighted by molar-refractivity contribution is 6.05. The Morgan fingerprint density at radius 1 is 1.37 bits per heavy atom. The molecule has 1 aromatic carbocycles. The first-order valence-corrected chi connectivity index (χ1v) is 9.27. The van der Waals surface area contributed by atoms with Crippen LogP contribution in [0.4, 0.5) is 11.6 Å². The minimum absolute atomic E-state index is 0.104. The summed E-state index contributed by atoms with van der Waals surface area (Å²) in [6.07, 6.45) is 2.78. The van der Waals surface area contributed by atoms with Gasteiger partial charge in [-0.15, -0.1) is 0 Å². The molecule has 4 rings (SSSR count). The molecule has 138 valence electrons. The number of nitrogens with one attached hydrogen (secondary N) is 2. The third-order valence-electron chi connectivity index (χ3n) is 4.98. The van der Waals surface area contributed by atoms with Gasteiger partial charge >= 0.3 is 0 Å². The van der Waals surface area contributed by atoms with Crippen molar-refractivity contribution in [3.05, 3.63) is 46.3 Å². The lowest BCUT2D eigenvalue weighted by atomic mass is 9.92. The summed E-state index contributed by atoms with van der Waals surface area (Å²) in [5.74, 6) is -0.0770. The van der Waals surface area contributed by atoms with E-state index in [0.717, 1.165) is 47.5 Å². The summed E-state index contributed by atoms with van der Waals surface area (Å²) >= 11 is 0. The largest absolute Gasteiger partial charge is 0.380 e. The minimum Gasteiger partial charge on any atom is -0.380 e. The van der Waals surface area contributed by atoms with E-state index in [4.69, 9.17) is 9.72 Å². The predicted molar refractivity (Wildman–Crippen MR) is 101 cm³/mol. The van der Waals surface area contributed by atoms with Gasteiger partial charge in [0.05, 0.1) is 23.9 Å². The van der Waals surface area contributed by atoms with Gasteiger partial charge in [-0.1, -0.05) is 0 Å². The van der Waals surface area contributed by atoms with Crippen LogP contribution in [0.25, 0.3) is 0 Å². The minimum atomic E-state index is -0.504. The SMILES string of the molecule is CCOCCNc1nc2c(c(C3C(=O)Nc4ccc(C#N)cc43)n1)CCC2. The molecule has 2 aliphatic rings. The Bertz CT molecular complexity index is 935. The number of benzene rings is 1. The summed E-state index contributed by atoms with van der Waals surface area (Å²) in [6.45, 7) is 3.80. The summed E-state index contributed by atoms with van der Waals surface area (Å²) in [5, 5.41) is 15.4. The zero-order valence-electron chi connectivity index (χ0n) is 15.2. The van der Waals surface area contributed by atoms with E-state index in [-0.39, 0.29) is 5.91 Å². The Balaban J connectivity index is 1.72. The number of hydrogen-bond donors (Lipinski definition) is 2. The van der Waals surface area contributed by atoms with E-state index in [2.05, 4.69) is 21.7 Å². The lowest BCUT2D eigenvalue weighted by molar-refractivity contribution is -0.116. The molecular weight excluding hydrogens is 342 g/mol. The number of aromatic nitrogens is 2. The molecule has 1 aromatic heterocycles. The number of carbonyl (C=O) groups excluding carboxylic acids is 1. The molecule has 1 aliphatic carbocycles. The van der Waals surface area contributed by atoms with Crippen molar-refractivity contribution in [1.29, 1.82) is 5.26 Å². The van der Waals surface area contributed by atoms with Crippen molar-refractivity contribution < 1.29 is 9.53 Å². The summed E-state index contributed by atoms with van der Waals surface area (Å²) in [4.78, 5) is 22.1. The fourth-order valence-corrected chi connectivity index (χ4v) is 3.76. The highest BCUT2D eigenvalue weighted by Gasteiger charge is 2.36. The third-order valence-corrected chi connectivity index (χ3v) is 4.98. The predicted octanol–water partition coefficient (Wildman–Crippen LogP) is 2.37. The van der Waals surface area contributed by atoms with Crippen LogP contribution in [0, 0.1) is 11.3 Å². The van der Waals surface area contributed by atoms with Gasteiger partial charge in [-0.3, -0.25) is 4.79 Å². The molecule has 2 N–H and O–H groups in total. The molecule has 2 aromatic rings. The third kappa shape index (κ3) is 3.24. The Morgan fingerprint density at radius 3 is 3.07 bits per heavy atom. The molecule has 1 unspecified atom stereocenters. The number of hydrogen-bond acceptors (Lipinski definition) is 6. The lowest BCUT2D eigenvalue weighted by Gasteiger charge is -2.15. The molecule has 27 heavy (non-hydrogen) atoms. The molecule has 0 saturated heterocycles. The van der Waals surface area contributed by atoms with Crippen LogP contribution in [0.1, 0.15) is 47.3 Å². The van der Waals surface area contributed by atoms with Gasteiger partial charge in [0.1, 0.15) is 5.92 Å². The molecule has 7 heteroatoms. The second-order valence-corrected chi connectivity index (χ2v) is 6.67. The zero-order valence-corrected chi connectivity index (χ0v) is 15.2. The second-order valence-electron chi connectivity index (χ2n) is 6.67. The average Bonchev–Trinajstić information content (AvgIpc) is 3.27. The van der Waals surface area contributed by atoms with Crippen LogP contribution in [0.5, 0.6) is 0 Å². The number of anilines is 2. The molecule has 0 bridgehead atoms. The maximum absolute atomic E-state index is 12.7.